The second kappa shape index (κ2) is 16.3. The molecule has 0 saturated carbocycles. The van der Waals surface area contributed by atoms with Gasteiger partial charge in [0.1, 0.15) is 24.1 Å². The van der Waals surface area contributed by atoms with Gasteiger partial charge in [0.05, 0.1) is 24.8 Å². The highest BCUT2D eigenvalue weighted by Gasteiger charge is 2.36. The van der Waals surface area contributed by atoms with Crippen LogP contribution < -0.4 is 19.1 Å². The van der Waals surface area contributed by atoms with Crippen molar-refractivity contribution in [3.8, 4) is 11.5 Å². The van der Waals surface area contributed by atoms with E-state index >= 15 is 0 Å². The molecule has 10 heteroatoms. The van der Waals surface area contributed by atoms with E-state index in [4.69, 9.17) is 9.47 Å². The maximum absolute atomic E-state index is 14.8. The first kappa shape index (κ1) is 36.0. The zero-order chi connectivity index (χ0) is 34.8. The number of nitrogens with zero attached hydrogens (tertiary/aromatic N) is 2. The molecular weight excluding hydrogens is 627 g/mol. The molecule has 0 spiro atoms. The molecule has 0 aliphatic carbocycles. The van der Waals surface area contributed by atoms with E-state index in [0.29, 0.717) is 12.3 Å². The largest absolute Gasteiger partial charge is 0.497 e. The average Bonchev–Trinajstić information content (AvgIpc) is 3.08. The topological polar surface area (TPSA) is 105 Å². The highest BCUT2D eigenvalue weighted by molar-refractivity contribution is 7.92. The smallest absolute Gasteiger partial charge is 0.264 e. The predicted molar refractivity (Wildman–Crippen MR) is 189 cm³/mol. The Balaban J connectivity index is 1.87. The van der Waals surface area contributed by atoms with E-state index in [9.17, 15) is 18.0 Å². The molecule has 0 bridgehead atoms. The number of hydrogen-bond donors (Lipinski definition) is 1. The van der Waals surface area contributed by atoms with Crippen LogP contribution in [-0.4, -0.2) is 58.5 Å². The number of amides is 2. The van der Waals surface area contributed by atoms with Crippen LogP contribution >= 0.6 is 0 Å². The van der Waals surface area contributed by atoms with Gasteiger partial charge < -0.3 is 19.7 Å². The molecule has 4 aromatic carbocycles. The first-order valence-electron chi connectivity index (χ1n) is 15.9. The molecule has 1 atom stereocenters. The lowest BCUT2D eigenvalue weighted by atomic mass is 10.0. The molecule has 1 N–H and O–H groups in total. The molecule has 2 amide bonds. The molecule has 0 aliphatic rings. The first-order valence-corrected chi connectivity index (χ1v) is 17.4. The predicted octanol–water partition coefficient (Wildman–Crippen LogP) is 5.93. The lowest BCUT2D eigenvalue weighted by Gasteiger charge is -2.34. The van der Waals surface area contributed by atoms with E-state index in [-0.39, 0.29) is 41.1 Å². The summed E-state index contributed by atoms with van der Waals surface area (Å²) >= 11 is 0. The summed E-state index contributed by atoms with van der Waals surface area (Å²) in [7, 11) is -1.41. The molecule has 1 unspecified atom stereocenters. The maximum atomic E-state index is 14.8. The Kier molecular flexibility index (Phi) is 12.2. The van der Waals surface area contributed by atoms with Crippen LogP contribution in [0.2, 0.25) is 0 Å². The molecule has 0 saturated heterocycles. The highest BCUT2D eigenvalue weighted by atomic mass is 32.2. The van der Waals surface area contributed by atoms with Crippen molar-refractivity contribution in [3.05, 3.63) is 119 Å². The SMILES string of the molecule is COc1ccc(OC)c(N(CC(=O)N(Cc2ccccc2C)C(Cc2ccccc2)C(=O)NCC(C)C)S(=O)(=O)c2ccc(C)cc2)c1. The summed E-state index contributed by atoms with van der Waals surface area (Å²) in [6.07, 6.45) is 0.232. The summed E-state index contributed by atoms with van der Waals surface area (Å²) < 4.78 is 40.9. The van der Waals surface area contributed by atoms with Crippen LogP contribution in [0, 0.1) is 19.8 Å². The molecule has 254 valence electrons. The number of carbonyl (C=O) groups is 2. The third kappa shape index (κ3) is 8.95. The average molecular weight is 672 g/mol. The van der Waals surface area contributed by atoms with Gasteiger partial charge in [-0.3, -0.25) is 13.9 Å². The molecule has 48 heavy (non-hydrogen) atoms. The number of hydrogen-bond acceptors (Lipinski definition) is 6. The van der Waals surface area contributed by atoms with Gasteiger partial charge in [-0.15, -0.1) is 0 Å². The van der Waals surface area contributed by atoms with E-state index < -0.39 is 28.5 Å². The fraction of sp³-hybridized carbons (Fsp3) is 0.316. The Labute approximate surface area is 284 Å². The number of anilines is 1. The molecule has 4 rings (SSSR count). The van der Waals surface area contributed by atoms with Crippen molar-refractivity contribution in [1.29, 1.82) is 0 Å². The Morgan fingerprint density at radius 1 is 0.833 bits per heavy atom. The third-order valence-electron chi connectivity index (χ3n) is 8.10. The van der Waals surface area contributed by atoms with Crippen LogP contribution in [-0.2, 0) is 32.6 Å². The summed E-state index contributed by atoms with van der Waals surface area (Å²) in [5.74, 6) is -0.0715. The summed E-state index contributed by atoms with van der Waals surface area (Å²) in [6, 6.07) is 27.4. The van der Waals surface area contributed by atoms with Gasteiger partial charge in [0.2, 0.25) is 11.8 Å². The van der Waals surface area contributed by atoms with E-state index in [0.717, 1.165) is 26.6 Å². The van der Waals surface area contributed by atoms with Crippen LogP contribution in [0.4, 0.5) is 5.69 Å². The van der Waals surface area contributed by atoms with Gasteiger partial charge in [0.25, 0.3) is 10.0 Å². The monoisotopic (exact) mass is 671 g/mol. The lowest BCUT2D eigenvalue weighted by molar-refractivity contribution is -0.140. The Hall–Kier alpha value is -4.83. The molecule has 0 fully saturated rings. The van der Waals surface area contributed by atoms with Gasteiger partial charge in [-0.05, 0) is 60.7 Å². The van der Waals surface area contributed by atoms with Crippen molar-refractivity contribution in [2.75, 3.05) is 31.6 Å². The number of sulfonamides is 1. The minimum atomic E-state index is -4.31. The number of rotatable bonds is 15. The van der Waals surface area contributed by atoms with Crippen LogP contribution in [0.25, 0.3) is 0 Å². The number of aryl methyl sites for hydroxylation is 2. The minimum Gasteiger partial charge on any atom is -0.497 e. The van der Waals surface area contributed by atoms with Crippen molar-refractivity contribution >= 4 is 27.5 Å². The summed E-state index contributed by atoms with van der Waals surface area (Å²) in [6.45, 7) is 7.71. The van der Waals surface area contributed by atoms with Gasteiger partial charge in [-0.2, -0.15) is 0 Å². The lowest BCUT2D eigenvalue weighted by Crippen LogP contribution is -2.53. The Morgan fingerprint density at radius 3 is 2.12 bits per heavy atom. The van der Waals surface area contributed by atoms with Crippen LogP contribution in [0.1, 0.15) is 36.1 Å². The zero-order valence-corrected chi connectivity index (χ0v) is 29.3. The van der Waals surface area contributed by atoms with Crippen molar-refractivity contribution in [2.24, 2.45) is 5.92 Å². The summed E-state index contributed by atoms with van der Waals surface area (Å²) in [5.41, 5.74) is 3.66. The highest BCUT2D eigenvalue weighted by Crippen LogP contribution is 2.36. The molecule has 0 heterocycles. The van der Waals surface area contributed by atoms with Crippen LogP contribution in [0.5, 0.6) is 11.5 Å². The number of ether oxygens (including phenoxy) is 2. The fourth-order valence-corrected chi connectivity index (χ4v) is 6.71. The summed E-state index contributed by atoms with van der Waals surface area (Å²) in [4.78, 5) is 30.3. The Bertz CT molecular complexity index is 1790. The maximum Gasteiger partial charge on any atom is 0.264 e. The van der Waals surface area contributed by atoms with Gasteiger partial charge >= 0.3 is 0 Å². The van der Waals surface area contributed by atoms with Crippen molar-refractivity contribution < 1.29 is 27.5 Å². The second-order valence-corrected chi connectivity index (χ2v) is 14.0. The third-order valence-corrected chi connectivity index (χ3v) is 9.87. The van der Waals surface area contributed by atoms with Gasteiger partial charge in [-0.1, -0.05) is 86.1 Å². The number of benzene rings is 4. The quantitative estimate of drug-likeness (QED) is 0.168. The van der Waals surface area contributed by atoms with Gasteiger partial charge in [0, 0.05) is 25.6 Å². The van der Waals surface area contributed by atoms with E-state index in [2.05, 4.69) is 5.32 Å². The normalized spacial score (nSPS) is 11.9. The fourth-order valence-electron chi connectivity index (χ4n) is 5.29. The molecule has 0 radical (unpaired) electrons. The molecule has 9 nitrogen and oxygen atoms in total. The molecule has 0 aromatic heterocycles. The number of carbonyl (C=O) groups excluding carboxylic acids is 2. The summed E-state index contributed by atoms with van der Waals surface area (Å²) in [5, 5.41) is 3.02. The van der Waals surface area contributed by atoms with Crippen molar-refractivity contribution in [3.63, 3.8) is 0 Å². The van der Waals surface area contributed by atoms with Crippen LogP contribution in [0.15, 0.2) is 102 Å². The number of methoxy groups -OCH3 is 2. The molecule has 0 aliphatic heterocycles. The van der Waals surface area contributed by atoms with Crippen molar-refractivity contribution in [2.45, 2.75) is 51.6 Å². The minimum absolute atomic E-state index is 0.00624. The first-order chi connectivity index (χ1) is 22.9. The van der Waals surface area contributed by atoms with Gasteiger partial charge in [0.15, 0.2) is 0 Å². The Morgan fingerprint density at radius 2 is 1.50 bits per heavy atom. The standard InChI is InChI=1S/C38H45N3O6S/c1-27(2)24-39-38(43)35(22-30-13-8-7-9-14-30)40(25-31-15-11-10-12-29(31)4)37(42)26-41(34-23-32(46-5)18-21-36(34)47-6)48(44,45)33-19-16-28(3)17-20-33/h7-21,23,27,35H,22,24-26H2,1-6H3,(H,39,43). The van der Waals surface area contributed by atoms with E-state index in [1.807, 2.05) is 82.3 Å². The van der Waals surface area contributed by atoms with Gasteiger partial charge in [-0.25, -0.2) is 8.42 Å². The van der Waals surface area contributed by atoms with E-state index in [1.165, 1.54) is 37.3 Å². The zero-order valence-electron chi connectivity index (χ0n) is 28.5. The second-order valence-electron chi connectivity index (χ2n) is 12.2. The number of nitrogens with one attached hydrogen (secondary N) is 1. The molecule has 4 aromatic rings. The van der Waals surface area contributed by atoms with Crippen LogP contribution in [0.3, 0.4) is 0 Å². The van der Waals surface area contributed by atoms with E-state index in [1.54, 1.807) is 24.3 Å². The van der Waals surface area contributed by atoms with Crippen molar-refractivity contribution in [1.82, 2.24) is 10.2 Å². The molecular formula is C38H45N3O6S.